The van der Waals surface area contributed by atoms with E-state index in [-0.39, 0.29) is 23.8 Å². The van der Waals surface area contributed by atoms with Gasteiger partial charge in [0.25, 0.3) is 0 Å². The summed E-state index contributed by atoms with van der Waals surface area (Å²) in [6.45, 7) is 0.839. The molecule has 0 saturated heterocycles. The van der Waals surface area contributed by atoms with Crippen LogP contribution in [-0.2, 0) is 24.2 Å². The number of aromatic nitrogens is 2. The molecule has 2 heterocycles. The lowest BCUT2D eigenvalue weighted by Gasteiger charge is -2.28. The fraction of sp³-hybridized carbons (Fsp3) is 0.267. The van der Waals surface area contributed by atoms with Gasteiger partial charge in [-0.15, -0.1) is 0 Å². The van der Waals surface area contributed by atoms with Gasteiger partial charge in [0, 0.05) is 18.8 Å². The van der Waals surface area contributed by atoms with E-state index in [0.29, 0.717) is 25.2 Å². The van der Waals surface area contributed by atoms with Gasteiger partial charge >= 0.3 is 0 Å². The summed E-state index contributed by atoms with van der Waals surface area (Å²) in [6, 6.07) is 3.22. The highest BCUT2D eigenvalue weighted by Crippen LogP contribution is 2.19. The second-order valence-electron chi connectivity index (χ2n) is 5.18. The van der Waals surface area contributed by atoms with Crippen LogP contribution >= 0.6 is 0 Å². The second-order valence-corrected chi connectivity index (χ2v) is 5.18. The number of carbonyl (C=O) groups is 1. The van der Waals surface area contributed by atoms with Crippen molar-refractivity contribution in [1.29, 1.82) is 0 Å². The molecule has 3 rings (SSSR count). The maximum Gasteiger partial charge on any atom is 0.227 e. The van der Waals surface area contributed by atoms with Gasteiger partial charge in [0.15, 0.2) is 0 Å². The molecule has 0 bridgehead atoms. The highest BCUT2D eigenvalue weighted by Gasteiger charge is 2.23. The minimum atomic E-state index is -0.711. The van der Waals surface area contributed by atoms with E-state index < -0.39 is 11.6 Å². The van der Waals surface area contributed by atoms with E-state index in [2.05, 4.69) is 9.97 Å². The molecule has 1 aromatic carbocycles. The molecule has 0 spiro atoms. The molecule has 1 aliphatic heterocycles. The molecule has 7 heteroatoms. The van der Waals surface area contributed by atoms with Crippen LogP contribution in [0, 0.1) is 11.6 Å². The normalized spacial score (nSPS) is 13.8. The highest BCUT2D eigenvalue weighted by molar-refractivity contribution is 5.79. The second kappa shape index (κ2) is 5.67. The topological polar surface area (TPSA) is 72.1 Å². The highest BCUT2D eigenvalue weighted by atomic mass is 19.1. The van der Waals surface area contributed by atoms with Crippen LogP contribution in [0.4, 0.5) is 14.7 Å². The van der Waals surface area contributed by atoms with E-state index in [1.165, 1.54) is 6.07 Å². The van der Waals surface area contributed by atoms with E-state index in [9.17, 15) is 13.6 Å². The van der Waals surface area contributed by atoms with Gasteiger partial charge in [-0.3, -0.25) is 4.79 Å². The fourth-order valence-corrected chi connectivity index (χ4v) is 2.47. The van der Waals surface area contributed by atoms with E-state index in [1.807, 2.05) is 0 Å². The number of anilines is 1. The van der Waals surface area contributed by atoms with Gasteiger partial charge in [0.1, 0.15) is 11.6 Å². The lowest BCUT2D eigenvalue weighted by molar-refractivity contribution is -0.131. The molecule has 1 amide bonds. The Morgan fingerprint density at radius 2 is 2.18 bits per heavy atom. The van der Waals surface area contributed by atoms with Crippen LogP contribution in [0.1, 0.15) is 16.8 Å². The van der Waals surface area contributed by atoms with Crippen molar-refractivity contribution < 1.29 is 13.6 Å². The number of benzene rings is 1. The van der Waals surface area contributed by atoms with Gasteiger partial charge < -0.3 is 10.6 Å². The molecular weight excluding hydrogens is 290 g/mol. The maximum atomic E-state index is 13.6. The Hall–Kier alpha value is -2.57. The lowest BCUT2D eigenvalue weighted by atomic mass is 10.1. The summed E-state index contributed by atoms with van der Waals surface area (Å²) in [4.78, 5) is 21.9. The molecule has 0 atom stereocenters. The van der Waals surface area contributed by atoms with Crippen LogP contribution < -0.4 is 5.73 Å². The summed E-state index contributed by atoms with van der Waals surface area (Å²) >= 11 is 0. The van der Waals surface area contributed by atoms with Crippen molar-refractivity contribution in [1.82, 2.24) is 14.9 Å². The Balaban J connectivity index is 1.74. The van der Waals surface area contributed by atoms with Crippen LogP contribution in [-0.4, -0.2) is 27.3 Å². The van der Waals surface area contributed by atoms with Crippen molar-refractivity contribution in [3.05, 3.63) is 52.9 Å². The molecule has 2 aromatic rings. The van der Waals surface area contributed by atoms with Gasteiger partial charge in [-0.25, -0.2) is 18.7 Å². The largest absolute Gasteiger partial charge is 0.368 e. The summed E-state index contributed by atoms with van der Waals surface area (Å²) < 4.78 is 26.5. The molecule has 1 aromatic heterocycles. The third kappa shape index (κ3) is 2.88. The molecular formula is C15H14F2N4O. The maximum absolute atomic E-state index is 13.6. The zero-order valence-electron chi connectivity index (χ0n) is 11.7. The fourth-order valence-electron chi connectivity index (χ4n) is 2.47. The molecule has 0 aliphatic carbocycles. The number of nitrogen functional groups attached to an aromatic ring is 1. The summed E-state index contributed by atoms with van der Waals surface area (Å²) in [5.74, 6) is -1.43. The van der Waals surface area contributed by atoms with Crippen molar-refractivity contribution in [3.8, 4) is 0 Å². The minimum Gasteiger partial charge on any atom is -0.368 e. The van der Waals surface area contributed by atoms with Crippen LogP contribution in [0.3, 0.4) is 0 Å². The molecule has 0 fully saturated rings. The number of fused-ring (bicyclic) bond motifs is 1. The van der Waals surface area contributed by atoms with Crippen molar-refractivity contribution in [2.75, 3.05) is 12.3 Å². The molecule has 1 aliphatic rings. The van der Waals surface area contributed by atoms with Gasteiger partial charge in [0.05, 0.1) is 18.7 Å². The van der Waals surface area contributed by atoms with Crippen molar-refractivity contribution in [2.45, 2.75) is 19.4 Å². The SMILES string of the molecule is Nc1ncc2c(n1)CN(C(=O)Cc1ccc(F)cc1F)CC2. The van der Waals surface area contributed by atoms with Gasteiger partial charge in [-0.2, -0.15) is 0 Å². The van der Waals surface area contributed by atoms with Crippen LogP contribution in [0.15, 0.2) is 24.4 Å². The number of amides is 1. The Morgan fingerprint density at radius 3 is 2.95 bits per heavy atom. The van der Waals surface area contributed by atoms with Gasteiger partial charge in [-0.05, 0) is 23.6 Å². The zero-order valence-corrected chi connectivity index (χ0v) is 11.7. The molecule has 2 N–H and O–H groups in total. The Morgan fingerprint density at radius 1 is 1.36 bits per heavy atom. The lowest BCUT2D eigenvalue weighted by Crippen LogP contribution is -2.37. The van der Waals surface area contributed by atoms with E-state index in [0.717, 1.165) is 17.7 Å². The number of carbonyl (C=O) groups excluding carboxylic acids is 1. The first-order valence-corrected chi connectivity index (χ1v) is 6.85. The van der Waals surface area contributed by atoms with E-state index >= 15 is 0 Å². The first-order chi connectivity index (χ1) is 10.5. The summed E-state index contributed by atoms with van der Waals surface area (Å²) in [5, 5.41) is 0. The molecule has 0 radical (unpaired) electrons. The number of rotatable bonds is 2. The molecule has 0 unspecified atom stereocenters. The monoisotopic (exact) mass is 304 g/mol. The Kier molecular flexibility index (Phi) is 3.70. The number of nitrogens with zero attached hydrogens (tertiary/aromatic N) is 3. The standard InChI is InChI=1S/C15H14F2N4O/c16-11-2-1-9(12(17)6-11)5-14(22)21-4-3-10-7-19-15(18)20-13(10)8-21/h1-2,6-7H,3-5,8H2,(H2,18,19,20). The summed E-state index contributed by atoms with van der Waals surface area (Å²) in [7, 11) is 0. The zero-order chi connectivity index (χ0) is 15.7. The molecule has 0 saturated carbocycles. The average Bonchev–Trinajstić information content (AvgIpc) is 2.49. The number of hydrogen-bond acceptors (Lipinski definition) is 4. The summed E-state index contributed by atoms with van der Waals surface area (Å²) in [6.07, 6.45) is 2.19. The molecule has 5 nitrogen and oxygen atoms in total. The summed E-state index contributed by atoms with van der Waals surface area (Å²) in [5.41, 5.74) is 7.41. The third-order valence-corrected chi connectivity index (χ3v) is 3.67. The van der Waals surface area contributed by atoms with Crippen molar-refractivity contribution >= 4 is 11.9 Å². The van der Waals surface area contributed by atoms with Crippen LogP contribution in [0.2, 0.25) is 0 Å². The Bertz CT molecular complexity index is 735. The minimum absolute atomic E-state index is 0.109. The van der Waals surface area contributed by atoms with E-state index in [1.54, 1.807) is 11.1 Å². The first kappa shape index (κ1) is 14.4. The Labute approximate surface area is 125 Å². The van der Waals surface area contributed by atoms with Crippen LogP contribution in [0.25, 0.3) is 0 Å². The molecule has 114 valence electrons. The van der Waals surface area contributed by atoms with Crippen LogP contribution in [0.5, 0.6) is 0 Å². The number of hydrogen-bond donors (Lipinski definition) is 1. The average molecular weight is 304 g/mol. The predicted molar refractivity (Wildman–Crippen MR) is 75.6 cm³/mol. The van der Waals surface area contributed by atoms with Gasteiger partial charge in [-0.1, -0.05) is 6.07 Å². The smallest absolute Gasteiger partial charge is 0.227 e. The van der Waals surface area contributed by atoms with Crippen molar-refractivity contribution in [3.63, 3.8) is 0 Å². The quantitative estimate of drug-likeness (QED) is 0.912. The number of halogens is 2. The van der Waals surface area contributed by atoms with E-state index in [4.69, 9.17) is 5.73 Å². The van der Waals surface area contributed by atoms with Crippen molar-refractivity contribution in [2.24, 2.45) is 0 Å². The predicted octanol–water partition coefficient (Wildman–Crippen LogP) is 1.46. The molecule has 22 heavy (non-hydrogen) atoms. The van der Waals surface area contributed by atoms with Gasteiger partial charge in [0.2, 0.25) is 11.9 Å². The number of nitrogens with two attached hydrogens (primary N) is 1. The third-order valence-electron chi connectivity index (χ3n) is 3.67. The first-order valence-electron chi connectivity index (χ1n) is 6.85.